The number of anilines is 1. The first-order chi connectivity index (χ1) is 11.7. The Hall–Kier alpha value is -1.30. The molecule has 1 fully saturated rings. The Bertz CT molecular complexity index is 644. The summed E-state index contributed by atoms with van der Waals surface area (Å²) in [7, 11) is 0. The van der Waals surface area contributed by atoms with E-state index in [-0.39, 0.29) is 35.7 Å². The summed E-state index contributed by atoms with van der Waals surface area (Å²) in [5, 5.41) is 9.61. The number of nitrogens with one attached hydrogen (secondary N) is 3. The van der Waals surface area contributed by atoms with Crippen molar-refractivity contribution in [3.8, 4) is 0 Å². The monoisotopic (exact) mass is 401 g/mol. The van der Waals surface area contributed by atoms with E-state index in [2.05, 4.69) is 22.9 Å². The number of carbonyl (C=O) groups is 2. The zero-order valence-corrected chi connectivity index (χ0v) is 17.4. The predicted octanol–water partition coefficient (Wildman–Crippen LogP) is 3.86. The van der Waals surface area contributed by atoms with E-state index < -0.39 is 0 Å². The molecule has 1 aromatic carbocycles. The van der Waals surface area contributed by atoms with Gasteiger partial charge in [0, 0.05) is 18.2 Å². The number of carbonyl (C=O) groups excluding carboxylic acids is 2. The van der Waals surface area contributed by atoms with Gasteiger partial charge in [-0.1, -0.05) is 39.3 Å². The molecule has 2 rings (SSSR count). The van der Waals surface area contributed by atoms with Crippen LogP contribution in [0.5, 0.6) is 0 Å². The highest BCUT2D eigenvalue weighted by Crippen LogP contribution is 2.23. The summed E-state index contributed by atoms with van der Waals surface area (Å²) in [5.74, 6) is 0.0926. The highest BCUT2D eigenvalue weighted by molar-refractivity contribution is 6.34. The van der Waals surface area contributed by atoms with E-state index >= 15 is 0 Å². The van der Waals surface area contributed by atoms with Gasteiger partial charge in [0.2, 0.25) is 5.91 Å². The second kappa shape index (κ2) is 9.58. The lowest BCUT2D eigenvalue weighted by Crippen LogP contribution is -2.48. The Labute approximate surface area is 167 Å². The molecule has 1 aliphatic rings. The lowest BCUT2D eigenvalue weighted by molar-refractivity contribution is -0.117. The third-order valence-corrected chi connectivity index (χ3v) is 4.62. The fraction of sp³-hybridized carbons (Fsp3) is 0.579. The van der Waals surface area contributed by atoms with Gasteiger partial charge in [0.05, 0.1) is 10.6 Å². The molecule has 0 spiro atoms. The molecule has 26 heavy (non-hydrogen) atoms. The zero-order valence-electron chi connectivity index (χ0n) is 15.8. The van der Waals surface area contributed by atoms with E-state index in [0.717, 1.165) is 19.5 Å². The third kappa shape index (κ3) is 6.78. The van der Waals surface area contributed by atoms with Gasteiger partial charge < -0.3 is 16.0 Å². The van der Waals surface area contributed by atoms with Crippen LogP contribution in [0.3, 0.4) is 0 Å². The van der Waals surface area contributed by atoms with Crippen molar-refractivity contribution in [1.29, 1.82) is 0 Å². The van der Waals surface area contributed by atoms with E-state index in [0.29, 0.717) is 28.6 Å². The summed E-state index contributed by atoms with van der Waals surface area (Å²) in [6, 6.07) is 5.13. The quantitative estimate of drug-likeness (QED) is 0.716. The predicted molar refractivity (Wildman–Crippen MR) is 109 cm³/mol. The maximum absolute atomic E-state index is 12.6. The van der Waals surface area contributed by atoms with Crippen LogP contribution in [0.25, 0.3) is 0 Å². The molecule has 2 atom stereocenters. The van der Waals surface area contributed by atoms with Crippen LogP contribution in [-0.4, -0.2) is 30.9 Å². The molecule has 7 heteroatoms. The second-order valence-electron chi connectivity index (χ2n) is 8.03. The van der Waals surface area contributed by atoms with Crippen molar-refractivity contribution in [3.63, 3.8) is 0 Å². The molecule has 3 N–H and O–H groups in total. The van der Waals surface area contributed by atoms with Crippen molar-refractivity contribution in [2.75, 3.05) is 18.4 Å². The molecule has 1 aromatic rings. The Kier molecular flexibility index (Phi) is 8.38. The normalized spacial score (nSPS) is 20.0. The summed E-state index contributed by atoms with van der Waals surface area (Å²) in [6.45, 7) is 9.92. The molecule has 2 amide bonds. The summed E-state index contributed by atoms with van der Waals surface area (Å²) in [5.41, 5.74) is 0.880. The van der Waals surface area contributed by atoms with Crippen molar-refractivity contribution in [2.24, 2.45) is 11.3 Å². The number of piperidine rings is 1. The fourth-order valence-corrected chi connectivity index (χ4v) is 3.14. The van der Waals surface area contributed by atoms with Crippen LogP contribution in [0.4, 0.5) is 5.69 Å². The first-order valence-corrected chi connectivity index (χ1v) is 9.14. The fourth-order valence-electron chi connectivity index (χ4n) is 2.94. The van der Waals surface area contributed by atoms with E-state index in [1.807, 2.05) is 20.8 Å². The van der Waals surface area contributed by atoms with Crippen molar-refractivity contribution < 1.29 is 9.59 Å². The maximum atomic E-state index is 12.6. The minimum atomic E-state index is -0.198. The van der Waals surface area contributed by atoms with Gasteiger partial charge in [0.1, 0.15) is 0 Å². The van der Waals surface area contributed by atoms with Crippen LogP contribution in [0.1, 0.15) is 50.9 Å². The van der Waals surface area contributed by atoms with Crippen LogP contribution in [0.2, 0.25) is 5.02 Å². The summed E-state index contributed by atoms with van der Waals surface area (Å²) < 4.78 is 0. The molecular weight excluding hydrogens is 373 g/mol. The van der Waals surface area contributed by atoms with Gasteiger partial charge in [-0.3, -0.25) is 9.59 Å². The highest BCUT2D eigenvalue weighted by Gasteiger charge is 2.24. The molecule has 5 nitrogen and oxygen atoms in total. The highest BCUT2D eigenvalue weighted by atomic mass is 35.5. The van der Waals surface area contributed by atoms with E-state index in [1.54, 1.807) is 18.2 Å². The minimum Gasteiger partial charge on any atom is -0.349 e. The molecule has 0 bridgehead atoms. The third-order valence-electron chi connectivity index (χ3n) is 4.29. The number of hydrogen-bond donors (Lipinski definition) is 3. The molecule has 1 heterocycles. The van der Waals surface area contributed by atoms with Crippen molar-refractivity contribution in [2.45, 2.75) is 46.6 Å². The second-order valence-corrected chi connectivity index (χ2v) is 8.44. The van der Waals surface area contributed by atoms with Crippen molar-refractivity contribution in [3.05, 3.63) is 28.8 Å². The van der Waals surface area contributed by atoms with Gasteiger partial charge in [-0.05, 0) is 49.0 Å². The Balaban J connectivity index is 0.00000338. The number of rotatable bonds is 4. The van der Waals surface area contributed by atoms with Crippen LogP contribution >= 0.6 is 24.0 Å². The molecule has 2 unspecified atom stereocenters. The van der Waals surface area contributed by atoms with Gasteiger partial charge in [-0.2, -0.15) is 0 Å². The first kappa shape index (κ1) is 22.7. The minimum absolute atomic E-state index is 0. The number of benzene rings is 1. The van der Waals surface area contributed by atoms with Crippen LogP contribution < -0.4 is 16.0 Å². The molecule has 0 saturated carbocycles. The van der Waals surface area contributed by atoms with Crippen LogP contribution in [0, 0.1) is 11.3 Å². The molecular formula is C19H29Cl2N3O2. The van der Waals surface area contributed by atoms with Gasteiger partial charge in [-0.25, -0.2) is 0 Å². The SMILES string of the molecule is CC1CNCCC1NC(=O)c1cc(NC(=O)CC(C)(C)C)ccc1Cl.Cl. The van der Waals surface area contributed by atoms with Gasteiger partial charge >= 0.3 is 0 Å². The summed E-state index contributed by atoms with van der Waals surface area (Å²) in [4.78, 5) is 24.7. The Morgan fingerprint density at radius 2 is 2.00 bits per heavy atom. The molecule has 0 aromatic heterocycles. The largest absolute Gasteiger partial charge is 0.349 e. The lowest BCUT2D eigenvalue weighted by atomic mass is 9.92. The first-order valence-electron chi connectivity index (χ1n) is 8.77. The average Bonchev–Trinajstić information content (AvgIpc) is 2.49. The molecule has 0 aliphatic carbocycles. The van der Waals surface area contributed by atoms with E-state index in [4.69, 9.17) is 11.6 Å². The van der Waals surface area contributed by atoms with Crippen LogP contribution in [-0.2, 0) is 4.79 Å². The van der Waals surface area contributed by atoms with E-state index in [1.165, 1.54) is 0 Å². The molecule has 1 aliphatic heterocycles. The molecule has 0 radical (unpaired) electrons. The zero-order chi connectivity index (χ0) is 18.6. The van der Waals surface area contributed by atoms with Crippen molar-refractivity contribution in [1.82, 2.24) is 10.6 Å². The summed E-state index contributed by atoms with van der Waals surface area (Å²) >= 11 is 6.20. The van der Waals surface area contributed by atoms with Crippen LogP contribution in [0.15, 0.2) is 18.2 Å². The Morgan fingerprint density at radius 1 is 1.31 bits per heavy atom. The lowest BCUT2D eigenvalue weighted by Gasteiger charge is -2.30. The van der Waals surface area contributed by atoms with Gasteiger partial charge in [-0.15, -0.1) is 12.4 Å². The topological polar surface area (TPSA) is 70.2 Å². The number of amides is 2. The summed E-state index contributed by atoms with van der Waals surface area (Å²) in [6.07, 6.45) is 1.30. The van der Waals surface area contributed by atoms with E-state index in [9.17, 15) is 9.59 Å². The molecule has 146 valence electrons. The number of hydrogen-bond acceptors (Lipinski definition) is 3. The Morgan fingerprint density at radius 3 is 2.62 bits per heavy atom. The van der Waals surface area contributed by atoms with Gasteiger partial charge in [0.15, 0.2) is 0 Å². The maximum Gasteiger partial charge on any atom is 0.253 e. The average molecular weight is 402 g/mol. The standard InChI is InChI=1S/C19H28ClN3O2.ClH/c1-12-11-21-8-7-16(12)23-18(25)14-9-13(5-6-15(14)20)22-17(24)10-19(2,3)4;/h5-6,9,12,16,21H,7-8,10-11H2,1-4H3,(H,22,24)(H,23,25);1H. The van der Waals surface area contributed by atoms with Crippen molar-refractivity contribution >= 4 is 41.5 Å². The van der Waals surface area contributed by atoms with Gasteiger partial charge in [0.25, 0.3) is 5.91 Å². The molecule has 1 saturated heterocycles. The smallest absolute Gasteiger partial charge is 0.253 e. The number of halogens is 2.